The van der Waals surface area contributed by atoms with Gasteiger partial charge in [-0.05, 0) is 16.8 Å². The number of ether oxygens (including phenoxy) is 4. The van der Waals surface area contributed by atoms with Crippen molar-refractivity contribution in [2.45, 2.75) is 54.5 Å². The molecule has 2 aromatic carbocycles. The molecular formula is C23H28O13. The number of aliphatic hydroxyl groups excluding tert-OH is 8. The summed E-state index contributed by atoms with van der Waals surface area (Å²) in [4.78, 5) is 13.3. The van der Waals surface area contributed by atoms with Crippen LogP contribution in [-0.4, -0.2) is 121 Å². The zero-order chi connectivity index (χ0) is 26.3. The van der Waals surface area contributed by atoms with E-state index < -0.39 is 80.3 Å². The summed E-state index contributed by atoms with van der Waals surface area (Å²) in [7, 11) is 0. The number of benzene rings is 2. The van der Waals surface area contributed by atoms with Gasteiger partial charge in [0.15, 0.2) is 6.10 Å². The average Bonchev–Trinajstić information content (AvgIpc) is 3.14. The van der Waals surface area contributed by atoms with Crippen molar-refractivity contribution in [3.63, 3.8) is 0 Å². The molecule has 0 amide bonds. The molecule has 2 aliphatic heterocycles. The first kappa shape index (κ1) is 26.8. The van der Waals surface area contributed by atoms with Crippen molar-refractivity contribution in [1.29, 1.82) is 0 Å². The Hall–Kier alpha value is -2.27. The number of hydrogen-bond acceptors (Lipinski definition) is 13. The highest BCUT2D eigenvalue weighted by molar-refractivity contribution is 6.04. The van der Waals surface area contributed by atoms with Gasteiger partial charge in [0, 0.05) is 0 Å². The SMILES string of the molecule is O=C(O[C@@]1(OC2(CO)O[C@H](CO)[C@@H](O)[C@@H]2O)O[C@H](CO)[C@@H](O)[C@H](O)[C@H]1O)c1cccc2ccccc12. The van der Waals surface area contributed by atoms with E-state index in [0.717, 1.165) is 0 Å². The van der Waals surface area contributed by atoms with Crippen LogP contribution in [0.5, 0.6) is 0 Å². The number of fused-ring (bicyclic) bond motifs is 1. The average molecular weight is 512 g/mol. The normalized spacial score (nSPS) is 38.8. The van der Waals surface area contributed by atoms with E-state index in [1.807, 2.05) is 0 Å². The van der Waals surface area contributed by atoms with Crippen LogP contribution in [0.15, 0.2) is 42.5 Å². The van der Waals surface area contributed by atoms with E-state index in [4.69, 9.17) is 18.9 Å². The minimum atomic E-state index is -3.08. The molecule has 2 aliphatic rings. The first-order chi connectivity index (χ1) is 17.1. The highest BCUT2D eigenvalue weighted by Gasteiger charge is 2.65. The molecule has 2 saturated heterocycles. The van der Waals surface area contributed by atoms with Crippen LogP contribution in [0.1, 0.15) is 10.4 Å². The highest BCUT2D eigenvalue weighted by Crippen LogP contribution is 2.42. The molecule has 0 radical (unpaired) electrons. The van der Waals surface area contributed by atoms with Gasteiger partial charge in [-0.3, -0.25) is 4.74 Å². The maximum atomic E-state index is 13.3. The molecule has 4 rings (SSSR count). The Balaban J connectivity index is 1.78. The van der Waals surface area contributed by atoms with Gasteiger partial charge in [0.25, 0.3) is 0 Å². The molecule has 13 heteroatoms. The lowest BCUT2D eigenvalue weighted by Crippen LogP contribution is -2.70. The summed E-state index contributed by atoms with van der Waals surface area (Å²) in [6.45, 7) is -2.94. The maximum Gasteiger partial charge on any atom is 0.362 e. The van der Waals surface area contributed by atoms with Crippen molar-refractivity contribution in [3.8, 4) is 0 Å². The fraction of sp³-hybridized carbons (Fsp3) is 0.522. The Morgan fingerprint density at radius 3 is 2.08 bits per heavy atom. The summed E-state index contributed by atoms with van der Waals surface area (Å²) in [6, 6.07) is 11.4. The van der Waals surface area contributed by atoms with Gasteiger partial charge in [0.05, 0.1) is 18.8 Å². The second-order valence-corrected chi connectivity index (χ2v) is 8.63. The predicted molar refractivity (Wildman–Crippen MR) is 117 cm³/mol. The van der Waals surface area contributed by atoms with Crippen molar-refractivity contribution in [1.82, 2.24) is 0 Å². The molecular weight excluding hydrogens is 484 g/mol. The second kappa shape index (κ2) is 10.2. The number of hydrogen-bond donors (Lipinski definition) is 8. The Morgan fingerprint density at radius 1 is 0.806 bits per heavy atom. The standard InChI is InChI=1S/C23H28O13/c24-8-14-16(27)18(29)20(31)23(34-14,36-22(10-26)19(30)17(28)15(9-25)33-22)35-21(32)13-7-3-5-11-4-1-2-6-12(11)13/h1-7,14-20,24-31H,8-10H2/t14-,15-,16-,17-,18+,19+,20-,22?,23+/m1/s1. The molecule has 0 spiro atoms. The van der Waals surface area contributed by atoms with Crippen molar-refractivity contribution >= 4 is 16.7 Å². The van der Waals surface area contributed by atoms with Gasteiger partial charge in [-0.25, -0.2) is 4.79 Å². The van der Waals surface area contributed by atoms with Gasteiger partial charge in [0.1, 0.15) is 43.2 Å². The summed E-state index contributed by atoms with van der Waals surface area (Å²) in [5, 5.41) is 82.6. The van der Waals surface area contributed by atoms with E-state index in [1.165, 1.54) is 6.07 Å². The molecule has 9 atom stereocenters. The summed E-state index contributed by atoms with van der Waals surface area (Å²) < 4.78 is 21.8. The van der Waals surface area contributed by atoms with E-state index >= 15 is 0 Å². The van der Waals surface area contributed by atoms with Crippen LogP contribution in [-0.2, 0) is 18.9 Å². The number of carbonyl (C=O) groups is 1. The minimum absolute atomic E-state index is 0.0211. The van der Waals surface area contributed by atoms with Gasteiger partial charge in [-0.15, -0.1) is 0 Å². The van der Waals surface area contributed by atoms with Crippen molar-refractivity contribution in [3.05, 3.63) is 48.0 Å². The Morgan fingerprint density at radius 2 is 1.44 bits per heavy atom. The summed E-state index contributed by atoms with van der Waals surface area (Å²) in [5.41, 5.74) is -0.0211. The molecule has 0 saturated carbocycles. The van der Waals surface area contributed by atoms with Gasteiger partial charge >= 0.3 is 11.9 Å². The monoisotopic (exact) mass is 512 g/mol. The lowest BCUT2D eigenvalue weighted by molar-refractivity contribution is -0.496. The van der Waals surface area contributed by atoms with Crippen LogP contribution in [0.2, 0.25) is 0 Å². The summed E-state index contributed by atoms with van der Waals surface area (Å²) >= 11 is 0. The molecule has 2 fully saturated rings. The topological polar surface area (TPSA) is 216 Å². The first-order valence-electron chi connectivity index (χ1n) is 11.1. The smallest absolute Gasteiger partial charge is 0.362 e. The molecule has 8 N–H and O–H groups in total. The molecule has 198 valence electrons. The third-order valence-corrected chi connectivity index (χ3v) is 6.38. The third-order valence-electron chi connectivity index (χ3n) is 6.38. The first-order valence-corrected chi connectivity index (χ1v) is 11.1. The fourth-order valence-electron chi connectivity index (χ4n) is 4.38. The molecule has 13 nitrogen and oxygen atoms in total. The molecule has 0 bridgehead atoms. The third kappa shape index (κ3) is 4.38. The van der Waals surface area contributed by atoms with E-state index in [-0.39, 0.29) is 5.56 Å². The van der Waals surface area contributed by atoms with Crippen LogP contribution < -0.4 is 0 Å². The highest BCUT2D eigenvalue weighted by atomic mass is 16.9. The van der Waals surface area contributed by atoms with Gasteiger partial charge in [-0.1, -0.05) is 36.4 Å². The van der Waals surface area contributed by atoms with Crippen LogP contribution in [0.25, 0.3) is 10.8 Å². The van der Waals surface area contributed by atoms with E-state index in [2.05, 4.69) is 0 Å². The molecule has 2 heterocycles. The zero-order valence-corrected chi connectivity index (χ0v) is 18.8. The predicted octanol–water partition coefficient (Wildman–Crippen LogP) is -3.06. The van der Waals surface area contributed by atoms with Crippen molar-refractivity contribution in [2.24, 2.45) is 0 Å². The number of carbonyl (C=O) groups excluding carboxylic acids is 1. The van der Waals surface area contributed by atoms with Crippen molar-refractivity contribution < 1.29 is 64.6 Å². The van der Waals surface area contributed by atoms with Crippen LogP contribution in [0, 0.1) is 0 Å². The maximum absolute atomic E-state index is 13.3. The summed E-state index contributed by atoms with van der Waals surface area (Å²) in [6.07, 6.45) is -13.3. The van der Waals surface area contributed by atoms with Gasteiger partial charge in [-0.2, -0.15) is 0 Å². The van der Waals surface area contributed by atoms with Crippen molar-refractivity contribution in [2.75, 3.05) is 19.8 Å². The van der Waals surface area contributed by atoms with E-state index in [0.29, 0.717) is 10.8 Å². The van der Waals surface area contributed by atoms with Crippen LogP contribution in [0.4, 0.5) is 0 Å². The van der Waals surface area contributed by atoms with Crippen LogP contribution in [0.3, 0.4) is 0 Å². The minimum Gasteiger partial charge on any atom is -0.402 e. The zero-order valence-electron chi connectivity index (χ0n) is 18.8. The number of rotatable bonds is 7. The largest absolute Gasteiger partial charge is 0.402 e. The Kier molecular flexibility index (Phi) is 7.62. The number of esters is 1. The lowest BCUT2D eigenvalue weighted by Gasteiger charge is -2.49. The summed E-state index contributed by atoms with van der Waals surface area (Å²) in [5.74, 6) is -6.85. The molecule has 36 heavy (non-hydrogen) atoms. The molecule has 1 unspecified atom stereocenters. The van der Waals surface area contributed by atoms with Crippen LogP contribution >= 0.6 is 0 Å². The van der Waals surface area contributed by atoms with E-state index in [9.17, 15) is 45.6 Å². The second-order valence-electron chi connectivity index (χ2n) is 8.63. The Bertz CT molecular complexity index is 1070. The lowest BCUT2D eigenvalue weighted by atomic mass is 9.97. The quantitative estimate of drug-likeness (QED) is 0.137. The van der Waals surface area contributed by atoms with E-state index in [1.54, 1.807) is 36.4 Å². The van der Waals surface area contributed by atoms with Gasteiger partial charge in [0.2, 0.25) is 5.79 Å². The molecule has 0 aliphatic carbocycles. The molecule has 2 aromatic rings. The molecule has 0 aromatic heterocycles. The number of aliphatic hydroxyl groups is 8. The van der Waals surface area contributed by atoms with Gasteiger partial charge < -0.3 is 55.1 Å². The Labute approximate surface area is 204 Å². The fourth-order valence-corrected chi connectivity index (χ4v) is 4.38.